The normalized spacial score (nSPS) is 15.6. The van der Waals surface area contributed by atoms with Crippen LogP contribution in [0.25, 0.3) is 11.6 Å². The van der Waals surface area contributed by atoms with E-state index in [9.17, 15) is 0 Å². The van der Waals surface area contributed by atoms with Gasteiger partial charge in [-0.3, -0.25) is 0 Å². The third-order valence-electron chi connectivity index (χ3n) is 3.64. The predicted octanol–water partition coefficient (Wildman–Crippen LogP) is 2.98. The second-order valence-electron chi connectivity index (χ2n) is 5.18. The quantitative estimate of drug-likeness (QED) is 0.744. The van der Waals surface area contributed by atoms with Gasteiger partial charge in [0.25, 0.3) is 0 Å². The van der Waals surface area contributed by atoms with Gasteiger partial charge in [0, 0.05) is 43.9 Å². The van der Waals surface area contributed by atoms with Crippen LogP contribution in [0, 0.1) is 0 Å². The molecule has 1 aliphatic rings. The fourth-order valence-electron chi connectivity index (χ4n) is 2.55. The Morgan fingerprint density at radius 2 is 1.84 bits per heavy atom. The van der Waals surface area contributed by atoms with Crippen LogP contribution < -0.4 is 9.47 Å². The molecular weight excluding hydrogens is 232 g/mol. The molecule has 1 aromatic heterocycles. The highest BCUT2D eigenvalue weighted by atomic mass is 15.1. The van der Waals surface area contributed by atoms with Crippen molar-refractivity contribution in [1.82, 2.24) is 0 Å². The van der Waals surface area contributed by atoms with Gasteiger partial charge in [0.05, 0.1) is 0 Å². The topological polar surface area (TPSA) is 7.12 Å². The zero-order valence-electron chi connectivity index (χ0n) is 11.5. The van der Waals surface area contributed by atoms with Crippen molar-refractivity contribution >= 4 is 17.3 Å². The molecule has 0 bridgehead atoms. The van der Waals surface area contributed by atoms with Crippen molar-refractivity contribution in [2.45, 2.75) is 13.0 Å². The molecule has 1 aromatic carbocycles. The molecule has 0 fully saturated rings. The highest BCUT2D eigenvalue weighted by Crippen LogP contribution is 2.24. The van der Waals surface area contributed by atoms with Gasteiger partial charge < -0.3 is 4.90 Å². The summed E-state index contributed by atoms with van der Waals surface area (Å²) in [5, 5.41) is 0. The van der Waals surface area contributed by atoms with Gasteiger partial charge in [0.2, 0.25) is 5.69 Å². The largest absolute Gasteiger partial charge is 0.378 e. The lowest BCUT2D eigenvalue weighted by atomic mass is 10.1. The van der Waals surface area contributed by atoms with E-state index in [-0.39, 0.29) is 0 Å². The summed E-state index contributed by atoms with van der Waals surface area (Å²) in [6, 6.07) is 15.1. The predicted molar refractivity (Wildman–Crippen MR) is 79.9 cm³/mol. The number of anilines is 1. The van der Waals surface area contributed by atoms with E-state index < -0.39 is 0 Å². The van der Waals surface area contributed by atoms with Gasteiger partial charge in [0.1, 0.15) is 0 Å². The number of aromatic nitrogens is 1. The van der Waals surface area contributed by atoms with Crippen LogP contribution in [0.1, 0.15) is 17.7 Å². The first kappa shape index (κ1) is 12.0. The molecular formula is C17H19N2+. The van der Waals surface area contributed by atoms with Gasteiger partial charge in [-0.2, -0.15) is 4.57 Å². The highest BCUT2D eigenvalue weighted by Gasteiger charge is 2.22. The molecule has 0 radical (unpaired) electrons. The summed E-state index contributed by atoms with van der Waals surface area (Å²) >= 11 is 0. The van der Waals surface area contributed by atoms with E-state index in [1.54, 1.807) is 0 Å². The number of hydrogen-bond acceptors (Lipinski definition) is 1. The fourth-order valence-corrected chi connectivity index (χ4v) is 2.55. The number of nitrogens with zero attached hydrogens (tertiary/aromatic N) is 2. The van der Waals surface area contributed by atoms with Gasteiger partial charge >= 0.3 is 0 Å². The standard InChI is InChI=1S/C17H19N2/c1-18(2)16-8-6-14(7-9-16)13-15-10-12-19-11-4-3-5-17(15)19/h3-9,11,13H,10,12H2,1-2H3/q+1. The van der Waals surface area contributed by atoms with Gasteiger partial charge in [0.15, 0.2) is 12.7 Å². The lowest BCUT2D eigenvalue weighted by Crippen LogP contribution is -2.31. The Morgan fingerprint density at radius 1 is 1.05 bits per heavy atom. The van der Waals surface area contributed by atoms with Crippen LogP contribution in [0.15, 0.2) is 48.7 Å². The molecule has 2 heterocycles. The van der Waals surface area contributed by atoms with E-state index in [1.807, 2.05) is 0 Å². The van der Waals surface area contributed by atoms with Crippen molar-refractivity contribution in [1.29, 1.82) is 0 Å². The van der Waals surface area contributed by atoms with E-state index >= 15 is 0 Å². The maximum absolute atomic E-state index is 2.32. The highest BCUT2D eigenvalue weighted by molar-refractivity contribution is 5.79. The Bertz CT molecular complexity index is 609. The Balaban J connectivity index is 1.91. The Kier molecular flexibility index (Phi) is 3.08. The molecule has 0 unspecified atom stereocenters. The molecule has 0 saturated carbocycles. The molecule has 2 heteroatoms. The maximum atomic E-state index is 2.32. The summed E-state index contributed by atoms with van der Waals surface area (Å²) in [7, 11) is 4.13. The van der Waals surface area contributed by atoms with Crippen molar-refractivity contribution in [2.75, 3.05) is 19.0 Å². The second kappa shape index (κ2) is 4.88. The van der Waals surface area contributed by atoms with E-state index in [1.165, 1.54) is 22.5 Å². The lowest BCUT2D eigenvalue weighted by Gasteiger charge is -2.11. The minimum atomic E-state index is 1.10. The van der Waals surface area contributed by atoms with Crippen LogP contribution in [-0.2, 0) is 6.54 Å². The first-order valence-corrected chi connectivity index (χ1v) is 6.71. The van der Waals surface area contributed by atoms with Crippen molar-refractivity contribution in [3.05, 3.63) is 59.9 Å². The first-order valence-electron chi connectivity index (χ1n) is 6.71. The van der Waals surface area contributed by atoms with Crippen molar-refractivity contribution < 1.29 is 4.57 Å². The van der Waals surface area contributed by atoms with Crippen molar-refractivity contribution in [3.8, 4) is 0 Å². The number of fused-ring (bicyclic) bond motifs is 1. The first-order chi connectivity index (χ1) is 9.24. The van der Waals surface area contributed by atoms with E-state index in [4.69, 9.17) is 0 Å². The monoisotopic (exact) mass is 251 g/mol. The third-order valence-corrected chi connectivity index (χ3v) is 3.64. The summed E-state index contributed by atoms with van der Waals surface area (Å²) in [5.41, 5.74) is 5.29. The van der Waals surface area contributed by atoms with Crippen LogP contribution >= 0.6 is 0 Å². The number of aryl methyl sites for hydroxylation is 1. The van der Waals surface area contributed by atoms with Crippen LogP contribution in [0.5, 0.6) is 0 Å². The summed E-state index contributed by atoms with van der Waals surface area (Å²) in [4.78, 5) is 2.12. The molecule has 3 rings (SSSR count). The average Bonchev–Trinajstić information content (AvgIpc) is 2.83. The van der Waals surface area contributed by atoms with Crippen LogP contribution in [-0.4, -0.2) is 14.1 Å². The van der Waals surface area contributed by atoms with Crippen molar-refractivity contribution in [3.63, 3.8) is 0 Å². The Labute approximate surface area is 114 Å². The number of rotatable bonds is 2. The van der Waals surface area contributed by atoms with E-state index in [0.717, 1.165) is 13.0 Å². The van der Waals surface area contributed by atoms with Crippen molar-refractivity contribution in [2.24, 2.45) is 0 Å². The van der Waals surface area contributed by atoms with Crippen LogP contribution in [0.4, 0.5) is 5.69 Å². The smallest absolute Gasteiger partial charge is 0.208 e. The SMILES string of the molecule is CN(C)c1ccc(C=C2CC[n+]3ccccc32)cc1. The zero-order chi connectivity index (χ0) is 13.2. The molecule has 19 heavy (non-hydrogen) atoms. The maximum Gasteiger partial charge on any atom is 0.208 e. The lowest BCUT2D eigenvalue weighted by molar-refractivity contribution is -0.689. The molecule has 2 aromatic rings. The zero-order valence-corrected chi connectivity index (χ0v) is 11.5. The Morgan fingerprint density at radius 3 is 2.58 bits per heavy atom. The molecule has 0 saturated heterocycles. The fraction of sp³-hybridized carbons (Fsp3) is 0.235. The van der Waals surface area contributed by atoms with Gasteiger partial charge in [-0.25, -0.2) is 0 Å². The summed E-state index contributed by atoms with van der Waals surface area (Å²) in [6.07, 6.45) is 5.59. The molecule has 0 aliphatic carbocycles. The van der Waals surface area contributed by atoms with Gasteiger partial charge in [-0.05, 0) is 29.8 Å². The number of hydrogen-bond donors (Lipinski definition) is 0. The summed E-state index contributed by atoms with van der Waals surface area (Å²) in [6.45, 7) is 1.10. The minimum Gasteiger partial charge on any atom is -0.378 e. The summed E-state index contributed by atoms with van der Waals surface area (Å²) in [5.74, 6) is 0. The molecule has 0 spiro atoms. The van der Waals surface area contributed by atoms with Crippen LogP contribution in [0.3, 0.4) is 0 Å². The number of allylic oxidation sites excluding steroid dienone is 1. The molecule has 0 amide bonds. The van der Waals surface area contributed by atoms with E-state index in [0.29, 0.717) is 0 Å². The molecule has 0 atom stereocenters. The number of pyridine rings is 1. The van der Waals surface area contributed by atoms with Gasteiger partial charge in [-0.15, -0.1) is 0 Å². The minimum absolute atomic E-state index is 1.10. The average molecular weight is 251 g/mol. The molecule has 1 aliphatic heterocycles. The molecule has 2 nitrogen and oxygen atoms in total. The summed E-state index contributed by atoms with van der Waals surface area (Å²) < 4.78 is 2.32. The van der Waals surface area contributed by atoms with Gasteiger partial charge in [-0.1, -0.05) is 12.1 Å². The second-order valence-corrected chi connectivity index (χ2v) is 5.18. The van der Waals surface area contributed by atoms with Crippen LogP contribution in [0.2, 0.25) is 0 Å². The molecule has 0 N–H and O–H groups in total. The Hall–Kier alpha value is -2.09. The van der Waals surface area contributed by atoms with E-state index in [2.05, 4.69) is 78.3 Å². The molecule has 96 valence electrons. The number of benzene rings is 1. The third kappa shape index (κ3) is 2.39.